The number of aromatic nitrogens is 2. The number of carbonyl (C=O) groups is 1. The summed E-state index contributed by atoms with van der Waals surface area (Å²) >= 11 is 0.978. The lowest BCUT2D eigenvalue weighted by Crippen LogP contribution is -2.07. The Morgan fingerprint density at radius 1 is 1.19 bits per heavy atom. The lowest BCUT2D eigenvalue weighted by atomic mass is 10.1. The average molecular weight is 370 g/mol. The fraction of sp³-hybridized carbons (Fsp3) is 0. The number of hydrogen-bond acceptors (Lipinski definition) is 6. The molecule has 1 amide bonds. The van der Waals surface area contributed by atoms with Gasteiger partial charge in [-0.3, -0.25) is 20.2 Å². The molecule has 0 spiro atoms. The standard InChI is InChI=1S/C17H11FN4O3S/c18-13-8-5-12(6-9-13)16-20-17(26-21-16)19-15(23)10-7-11-3-1-2-4-14(11)22(24)25/h1-10H,(H,19,20,21,23)/b10-7+. The Morgan fingerprint density at radius 2 is 1.92 bits per heavy atom. The number of nitrogens with one attached hydrogen (secondary N) is 1. The lowest BCUT2D eigenvalue weighted by Gasteiger charge is -1.97. The number of nitro groups is 1. The second kappa shape index (κ2) is 7.62. The second-order valence-electron chi connectivity index (χ2n) is 5.07. The smallest absolute Gasteiger partial charge is 0.276 e. The Morgan fingerprint density at radius 3 is 2.65 bits per heavy atom. The Hall–Kier alpha value is -3.46. The number of amides is 1. The number of nitro benzene ring substituents is 1. The molecule has 0 aliphatic heterocycles. The largest absolute Gasteiger partial charge is 0.297 e. The van der Waals surface area contributed by atoms with Crippen LogP contribution in [0.3, 0.4) is 0 Å². The van der Waals surface area contributed by atoms with E-state index < -0.39 is 10.8 Å². The maximum Gasteiger partial charge on any atom is 0.276 e. The van der Waals surface area contributed by atoms with Crippen LogP contribution < -0.4 is 5.32 Å². The number of rotatable bonds is 5. The molecular formula is C17H11FN4O3S. The first kappa shape index (κ1) is 17.4. The Balaban J connectivity index is 1.69. The van der Waals surface area contributed by atoms with Crippen LogP contribution in [-0.4, -0.2) is 20.2 Å². The van der Waals surface area contributed by atoms with Crippen molar-refractivity contribution >= 4 is 34.3 Å². The van der Waals surface area contributed by atoms with Crippen molar-refractivity contribution in [2.75, 3.05) is 5.32 Å². The summed E-state index contributed by atoms with van der Waals surface area (Å²) in [6, 6.07) is 11.8. The van der Waals surface area contributed by atoms with E-state index in [0.29, 0.717) is 17.0 Å². The van der Waals surface area contributed by atoms with Crippen LogP contribution >= 0.6 is 11.5 Å². The zero-order valence-electron chi connectivity index (χ0n) is 13.1. The molecule has 0 bridgehead atoms. The molecule has 2 aromatic carbocycles. The quantitative estimate of drug-likeness (QED) is 0.417. The molecule has 0 fully saturated rings. The van der Waals surface area contributed by atoms with E-state index in [1.807, 2.05) is 0 Å². The van der Waals surface area contributed by atoms with Crippen LogP contribution in [0.4, 0.5) is 15.2 Å². The Labute approximate surface area is 151 Å². The molecule has 0 aliphatic carbocycles. The van der Waals surface area contributed by atoms with E-state index in [1.54, 1.807) is 18.2 Å². The topological polar surface area (TPSA) is 98.0 Å². The molecule has 9 heteroatoms. The van der Waals surface area contributed by atoms with Crippen LogP contribution in [-0.2, 0) is 4.79 Å². The van der Waals surface area contributed by atoms with Gasteiger partial charge in [0.25, 0.3) is 5.69 Å². The van der Waals surface area contributed by atoms with Crippen LogP contribution in [0.25, 0.3) is 17.5 Å². The van der Waals surface area contributed by atoms with Gasteiger partial charge in [-0.2, -0.15) is 9.36 Å². The van der Waals surface area contributed by atoms with Crippen LogP contribution in [0.15, 0.2) is 54.6 Å². The third-order valence-electron chi connectivity index (χ3n) is 3.31. The Bertz CT molecular complexity index is 986. The number of hydrogen-bond donors (Lipinski definition) is 1. The summed E-state index contributed by atoms with van der Waals surface area (Å²) in [5.74, 6) is -0.490. The minimum absolute atomic E-state index is 0.0916. The highest BCUT2D eigenvalue weighted by molar-refractivity contribution is 7.10. The minimum atomic E-state index is -0.517. The molecular weight excluding hydrogens is 359 g/mol. The molecule has 1 N–H and O–H groups in total. The predicted octanol–water partition coefficient (Wildman–Crippen LogP) is 3.90. The van der Waals surface area contributed by atoms with E-state index in [4.69, 9.17) is 0 Å². The summed E-state index contributed by atoms with van der Waals surface area (Å²) in [4.78, 5) is 26.6. The van der Waals surface area contributed by atoms with Gasteiger partial charge in [0.05, 0.1) is 10.5 Å². The van der Waals surface area contributed by atoms with Gasteiger partial charge in [0, 0.05) is 29.2 Å². The zero-order chi connectivity index (χ0) is 18.5. The lowest BCUT2D eigenvalue weighted by molar-refractivity contribution is -0.385. The molecule has 26 heavy (non-hydrogen) atoms. The number of benzene rings is 2. The highest BCUT2D eigenvalue weighted by atomic mass is 32.1. The summed E-state index contributed by atoms with van der Waals surface area (Å²) in [5.41, 5.74) is 0.849. The molecule has 3 rings (SSSR count). The highest BCUT2D eigenvalue weighted by Crippen LogP contribution is 2.22. The van der Waals surface area contributed by atoms with Gasteiger partial charge in [0.15, 0.2) is 5.82 Å². The fourth-order valence-corrected chi connectivity index (χ4v) is 2.69. The van der Waals surface area contributed by atoms with Crippen molar-refractivity contribution in [1.82, 2.24) is 9.36 Å². The summed E-state index contributed by atoms with van der Waals surface area (Å²) < 4.78 is 17.0. The van der Waals surface area contributed by atoms with Crippen LogP contribution in [0.2, 0.25) is 0 Å². The molecule has 3 aromatic rings. The van der Waals surface area contributed by atoms with Gasteiger partial charge in [-0.25, -0.2) is 4.39 Å². The van der Waals surface area contributed by atoms with E-state index in [-0.39, 0.29) is 16.6 Å². The molecule has 0 atom stereocenters. The zero-order valence-corrected chi connectivity index (χ0v) is 13.9. The summed E-state index contributed by atoms with van der Waals surface area (Å²) in [7, 11) is 0. The highest BCUT2D eigenvalue weighted by Gasteiger charge is 2.11. The first-order valence-corrected chi connectivity index (χ1v) is 8.12. The van der Waals surface area contributed by atoms with Crippen molar-refractivity contribution in [1.29, 1.82) is 0 Å². The maximum absolute atomic E-state index is 12.9. The van der Waals surface area contributed by atoms with Crippen molar-refractivity contribution < 1.29 is 14.1 Å². The molecule has 0 saturated heterocycles. The van der Waals surface area contributed by atoms with E-state index in [0.717, 1.165) is 11.5 Å². The van der Waals surface area contributed by atoms with Gasteiger partial charge < -0.3 is 0 Å². The van der Waals surface area contributed by atoms with Gasteiger partial charge in [0.1, 0.15) is 5.82 Å². The third kappa shape index (κ3) is 4.14. The third-order valence-corrected chi connectivity index (χ3v) is 3.94. The van der Waals surface area contributed by atoms with E-state index in [1.165, 1.54) is 42.5 Å². The number of nitrogens with zero attached hydrogens (tertiary/aromatic N) is 3. The number of halogens is 1. The molecule has 0 unspecified atom stereocenters. The number of anilines is 1. The molecule has 7 nitrogen and oxygen atoms in total. The van der Waals surface area contributed by atoms with Gasteiger partial charge in [0.2, 0.25) is 11.0 Å². The maximum atomic E-state index is 12.9. The van der Waals surface area contributed by atoms with Gasteiger partial charge in [-0.05, 0) is 36.4 Å². The Kier molecular flexibility index (Phi) is 5.09. The van der Waals surface area contributed by atoms with Crippen molar-refractivity contribution in [2.45, 2.75) is 0 Å². The minimum Gasteiger partial charge on any atom is -0.297 e. The molecule has 0 radical (unpaired) electrons. The SMILES string of the molecule is O=C(/C=C/c1ccccc1[N+](=O)[O-])Nc1nc(-c2ccc(F)cc2)ns1. The van der Waals surface area contributed by atoms with Crippen molar-refractivity contribution in [3.8, 4) is 11.4 Å². The second-order valence-corrected chi connectivity index (χ2v) is 5.82. The van der Waals surface area contributed by atoms with Crippen molar-refractivity contribution in [3.63, 3.8) is 0 Å². The van der Waals surface area contributed by atoms with Gasteiger partial charge in [-0.1, -0.05) is 12.1 Å². The average Bonchev–Trinajstić information content (AvgIpc) is 3.09. The molecule has 1 aromatic heterocycles. The van der Waals surface area contributed by atoms with E-state index in [9.17, 15) is 19.3 Å². The molecule has 1 heterocycles. The number of carbonyl (C=O) groups excluding carboxylic acids is 1. The predicted molar refractivity (Wildman–Crippen MR) is 96.1 cm³/mol. The van der Waals surface area contributed by atoms with Crippen molar-refractivity contribution in [3.05, 3.63) is 76.1 Å². The van der Waals surface area contributed by atoms with Gasteiger partial charge in [-0.15, -0.1) is 0 Å². The normalized spacial score (nSPS) is 10.8. The monoisotopic (exact) mass is 370 g/mol. The number of para-hydroxylation sites is 1. The summed E-state index contributed by atoms with van der Waals surface area (Å²) in [6.07, 6.45) is 2.54. The van der Waals surface area contributed by atoms with Crippen LogP contribution in [0, 0.1) is 15.9 Å². The van der Waals surface area contributed by atoms with Crippen LogP contribution in [0.5, 0.6) is 0 Å². The summed E-state index contributed by atoms with van der Waals surface area (Å²) in [5, 5.41) is 13.7. The fourth-order valence-electron chi connectivity index (χ4n) is 2.10. The summed E-state index contributed by atoms with van der Waals surface area (Å²) in [6.45, 7) is 0. The molecule has 130 valence electrons. The van der Waals surface area contributed by atoms with E-state index >= 15 is 0 Å². The molecule has 0 saturated carbocycles. The van der Waals surface area contributed by atoms with Crippen molar-refractivity contribution in [2.24, 2.45) is 0 Å². The first-order chi connectivity index (χ1) is 12.5. The molecule has 0 aliphatic rings. The van der Waals surface area contributed by atoms with E-state index in [2.05, 4.69) is 14.7 Å². The first-order valence-electron chi connectivity index (χ1n) is 7.35. The van der Waals surface area contributed by atoms with Crippen LogP contribution in [0.1, 0.15) is 5.56 Å². The van der Waals surface area contributed by atoms with Gasteiger partial charge >= 0.3 is 0 Å².